The van der Waals surface area contributed by atoms with E-state index >= 15 is 0 Å². The highest BCUT2D eigenvalue weighted by atomic mass is 32.2. The highest BCUT2D eigenvalue weighted by Gasteiger charge is 2.21. The number of anilines is 1. The van der Waals surface area contributed by atoms with Crippen molar-refractivity contribution in [1.82, 2.24) is 19.5 Å². The number of nitrogens with one attached hydrogen (secondary N) is 1. The third-order valence-electron chi connectivity index (χ3n) is 7.07. The number of benzene rings is 2. The molecular weight excluding hydrogens is 646 g/mol. The van der Waals surface area contributed by atoms with Crippen molar-refractivity contribution in [3.8, 4) is 28.5 Å². The van der Waals surface area contributed by atoms with Crippen molar-refractivity contribution in [3.63, 3.8) is 0 Å². The van der Waals surface area contributed by atoms with Crippen LogP contribution in [0, 0.1) is 5.82 Å². The quantitative estimate of drug-likeness (QED) is 0.0787. The Morgan fingerprint density at radius 3 is 2.57 bits per heavy atom. The second kappa shape index (κ2) is 14.2. The van der Waals surface area contributed by atoms with Crippen LogP contribution in [-0.4, -0.2) is 74.2 Å². The number of pyridine rings is 1. The fourth-order valence-electron chi connectivity index (χ4n) is 4.80. The number of ether oxygens (including phenoxy) is 3. The highest BCUT2D eigenvalue weighted by Crippen LogP contribution is 2.38. The van der Waals surface area contributed by atoms with Crippen LogP contribution < -0.4 is 14.8 Å². The lowest BCUT2D eigenvalue weighted by Crippen LogP contribution is -2.22. The molecule has 0 aliphatic rings. The smallest absolute Gasteiger partial charge is 0.264 e. The molecule has 0 bridgehead atoms. The molecule has 0 saturated carbocycles. The summed E-state index contributed by atoms with van der Waals surface area (Å²) in [7, 11) is -3.22. The van der Waals surface area contributed by atoms with Gasteiger partial charge in [-0.3, -0.25) is 9.17 Å². The molecule has 0 atom stereocenters. The van der Waals surface area contributed by atoms with Crippen molar-refractivity contribution in [2.24, 2.45) is 0 Å². The normalized spacial score (nSPS) is 12.1. The van der Waals surface area contributed by atoms with E-state index in [1.807, 2.05) is 29.0 Å². The zero-order valence-electron chi connectivity index (χ0n) is 26.9. The van der Waals surface area contributed by atoms with Gasteiger partial charge < -0.3 is 29.2 Å². The number of hydrogen-bond acceptors (Lipinski definition) is 11. The molecule has 0 spiro atoms. The first-order valence-corrected chi connectivity index (χ1v) is 20.5. The molecule has 47 heavy (non-hydrogen) atoms. The Labute approximate surface area is 273 Å². The summed E-state index contributed by atoms with van der Waals surface area (Å²) in [5.41, 5.74) is 3.35. The van der Waals surface area contributed by atoms with E-state index < -0.39 is 24.0 Å². The molecule has 250 valence electrons. The van der Waals surface area contributed by atoms with E-state index in [4.69, 9.17) is 19.2 Å². The predicted octanol–water partition coefficient (Wildman–Crippen LogP) is 5.78. The Hall–Kier alpha value is -4.31. The van der Waals surface area contributed by atoms with Crippen LogP contribution in [0.15, 0.2) is 54.9 Å². The molecule has 2 aromatic carbocycles. The zero-order valence-corrected chi connectivity index (χ0v) is 28.7. The van der Waals surface area contributed by atoms with Gasteiger partial charge in [0, 0.05) is 44.9 Å². The maximum atomic E-state index is 14.6. The van der Waals surface area contributed by atoms with Crippen molar-refractivity contribution >= 4 is 46.1 Å². The third-order valence-corrected chi connectivity index (χ3v) is 9.37. The van der Waals surface area contributed by atoms with E-state index in [0.717, 1.165) is 34.3 Å². The van der Waals surface area contributed by atoms with E-state index in [2.05, 4.69) is 39.1 Å². The van der Waals surface area contributed by atoms with Gasteiger partial charge in [0.2, 0.25) is 11.8 Å². The minimum Gasteiger partial charge on any atom is -0.506 e. The first kappa shape index (κ1) is 34.0. The van der Waals surface area contributed by atoms with Crippen LogP contribution in [-0.2, 0) is 32.4 Å². The maximum absolute atomic E-state index is 14.6. The second-order valence-corrected chi connectivity index (χ2v) is 19.5. The Bertz CT molecular complexity index is 2000. The summed E-state index contributed by atoms with van der Waals surface area (Å²) in [5, 5.41) is 14.4. The van der Waals surface area contributed by atoms with Gasteiger partial charge in [-0.1, -0.05) is 25.7 Å². The molecule has 0 aliphatic heterocycles. The molecule has 12 nitrogen and oxygen atoms in total. The van der Waals surface area contributed by atoms with Crippen LogP contribution in [0.5, 0.6) is 17.4 Å². The molecule has 0 aliphatic carbocycles. The Kier molecular flexibility index (Phi) is 10.3. The number of halogens is 1. The maximum Gasteiger partial charge on any atom is 0.264 e. The molecule has 0 fully saturated rings. The van der Waals surface area contributed by atoms with Crippen LogP contribution in [0.1, 0.15) is 5.56 Å². The van der Waals surface area contributed by atoms with Gasteiger partial charge >= 0.3 is 0 Å². The molecule has 0 radical (unpaired) electrons. The lowest BCUT2D eigenvalue weighted by Gasteiger charge is -2.15. The van der Waals surface area contributed by atoms with E-state index in [1.165, 1.54) is 18.3 Å². The highest BCUT2D eigenvalue weighted by molar-refractivity contribution is 7.85. The summed E-state index contributed by atoms with van der Waals surface area (Å²) in [5.74, 6) is 0.282. The molecule has 3 aromatic heterocycles. The minimum absolute atomic E-state index is 0.0558. The Balaban J connectivity index is 1.50. The van der Waals surface area contributed by atoms with Gasteiger partial charge in [-0.15, -0.1) is 0 Å². The topological polar surface area (TPSA) is 147 Å². The van der Waals surface area contributed by atoms with Crippen molar-refractivity contribution in [2.45, 2.75) is 39.0 Å². The van der Waals surface area contributed by atoms with Gasteiger partial charge in [0.25, 0.3) is 10.1 Å². The van der Waals surface area contributed by atoms with Crippen molar-refractivity contribution < 1.29 is 36.3 Å². The SMILES string of the molecule is CNc1nc(OCc2cc(F)cc(OCCOS(C)(=O)=O)c2)c2c(-c3ccc4ncc(O)cc4c3)cn(COCC[Si](C)(C)C)c2n1. The average Bonchev–Trinajstić information content (AvgIpc) is 3.37. The number of rotatable bonds is 15. The van der Waals surface area contributed by atoms with Crippen LogP contribution in [0.25, 0.3) is 33.1 Å². The van der Waals surface area contributed by atoms with Crippen molar-refractivity contribution in [3.05, 3.63) is 66.2 Å². The molecule has 0 unspecified atom stereocenters. The lowest BCUT2D eigenvalue weighted by atomic mass is 10.0. The third kappa shape index (κ3) is 9.16. The Morgan fingerprint density at radius 1 is 1.02 bits per heavy atom. The van der Waals surface area contributed by atoms with Gasteiger partial charge in [0.15, 0.2) is 5.65 Å². The molecule has 5 aromatic rings. The van der Waals surface area contributed by atoms with E-state index in [-0.39, 0.29) is 43.9 Å². The minimum atomic E-state index is -3.62. The van der Waals surface area contributed by atoms with E-state index in [0.29, 0.717) is 29.2 Å². The first-order valence-electron chi connectivity index (χ1n) is 14.9. The molecular formula is C32H38FN5O7SSi. The van der Waals surface area contributed by atoms with Gasteiger partial charge in [0.1, 0.15) is 43.9 Å². The first-order chi connectivity index (χ1) is 22.3. The predicted molar refractivity (Wildman–Crippen MR) is 181 cm³/mol. The molecule has 5 rings (SSSR count). The van der Waals surface area contributed by atoms with Crippen LogP contribution in [0.4, 0.5) is 10.3 Å². The average molecular weight is 684 g/mol. The van der Waals surface area contributed by atoms with Gasteiger partial charge in [0.05, 0.1) is 23.4 Å². The summed E-state index contributed by atoms with van der Waals surface area (Å²) in [6.45, 7) is 7.39. The summed E-state index contributed by atoms with van der Waals surface area (Å²) < 4.78 is 61.4. The van der Waals surface area contributed by atoms with E-state index in [9.17, 15) is 17.9 Å². The summed E-state index contributed by atoms with van der Waals surface area (Å²) in [6.07, 6.45) is 4.28. The molecule has 0 amide bonds. The van der Waals surface area contributed by atoms with Crippen LogP contribution >= 0.6 is 0 Å². The van der Waals surface area contributed by atoms with Crippen molar-refractivity contribution in [1.29, 1.82) is 0 Å². The monoisotopic (exact) mass is 683 g/mol. The van der Waals surface area contributed by atoms with Gasteiger partial charge in [-0.25, -0.2) is 4.39 Å². The molecule has 0 saturated heterocycles. The van der Waals surface area contributed by atoms with E-state index in [1.54, 1.807) is 19.2 Å². The summed E-state index contributed by atoms with van der Waals surface area (Å²) in [6, 6.07) is 12.5. The number of aromatic hydroxyl groups is 1. The summed E-state index contributed by atoms with van der Waals surface area (Å²) in [4.78, 5) is 13.7. The molecule has 3 heterocycles. The zero-order chi connectivity index (χ0) is 33.8. The van der Waals surface area contributed by atoms with Crippen LogP contribution in [0.3, 0.4) is 0 Å². The molecule has 2 N–H and O–H groups in total. The van der Waals surface area contributed by atoms with Gasteiger partial charge in [-0.2, -0.15) is 18.4 Å². The van der Waals surface area contributed by atoms with Gasteiger partial charge in [-0.05, 0) is 47.5 Å². The fourth-order valence-corrected chi connectivity index (χ4v) is 5.93. The summed E-state index contributed by atoms with van der Waals surface area (Å²) >= 11 is 0. The standard InChI is InChI=1S/C32H38FN5O7SSi/c1-34-32-36-30-29(31(37-32)44-19-21-12-24(33)16-26(13-21)43-8-9-45-46(2,40)41)27(18-38(30)20-42-10-11-47(3,4)5)22-6-7-28-23(14-22)15-25(39)17-35-28/h6-7,12-18,39H,8-11,19-20H2,1-5H3,(H,34,36,37). The number of aromatic nitrogens is 4. The largest absolute Gasteiger partial charge is 0.506 e. The Morgan fingerprint density at radius 2 is 1.83 bits per heavy atom. The number of nitrogens with zero attached hydrogens (tertiary/aromatic N) is 4. The van der Waals surface area contributed by atoms with Crippen LogP contribution in [0.2, 0.25) is 25.7 Å². The lowest BCUT2D eigenvalue weighted by molar-refractivity contribution is 0.0899. The second-order valence-electron chi connectivity index (χ2n) is 12.2. The molecule has 15 heteroatoms. The number of hydrogen-bond donors (Lipinski definition) is 2. The number of fused-ring (bicyclic) bond motifs is 2. The van der Waals surface area contributed by atoms with Crippen molar-refractivity contribution in [2.75, 3.05) is 38.4 Å². The fraction of sp³-hybridized carbons (Fsp3) is 0.344.